The Kier molecular flexibility index (Phi) is 3.65. The van der Waals surface area contributed by atoms with Crippen LogP contribution in [0.2, 0.25) is 0 Å². The molecule has 1 atom stereocenters. The van der Waals surface area contributed by atoms with Gasteiger partial charge in [0.15, 0.2) is 0 Å². The Labute approximate surface area is 106 Å². The summed E-state index contributed by atoms with van der Waals surface area (Å²) in [5.74, 6) is -1.64. The molecular weight excluding hydrogens is 254 g/mol. The summed E-state index contributed by atoms with van der Waals surface area (Å²) in [6, 6.07) is 5.16. The van der Waals surface area contributed by atoms with Gasteiger partial charge in [-0.05, 0) is 30.9 Å². The highest BCUT2D eigenvalue weighted by molar-refractivity contribution is 7.91. The van der Waals surface area contributed by atoms with Crippen LogP contribution in [0, 0.1) is 5.92 Å². The third-order valence-electron chi connectivity index (χ3n) is 3.34. The first-order chi connectivity index (χ1) is 8.49. The van der Waals surface area contributed by atoms with E-state index in [1.807, 2.05) is 0 Å². The van der Waals surface area contributed by atoms with Crippen LogP contribution < -0.4 is 0 Å². The third-order valence-corrected chi connectivity index (χ3v) is 5.06. The van der Waals surface area contributed by atoms with E-state index in [0.29, 0.717) is 18.5 Å². The van der Waals surface area contributed by atoms with Crippen molar-refractivity contribution in [1.82, 2.24) is 4.98 Å². The van der Waals surface area contributed by atoms with Crippen LogP contribution in [0.3, 0.4) is 0 Å². The van der Waals surface area contributed by atoms with Crippen LogP contribution in [0.5, 0.6) is 0 Å². The number of aromatic nitrogens is 1. The molecule has 2 heterocycles. The van der Waals surface area contributed by atoms with Crippen molar-refractivity contribution in [1.29, 1.82) is 0 Å². The Morgan fingerprint density at radius 3 is 2.50 bits per heavy atom. The Morgan fingerprint density at radius 2 is 2.00 bits per heavy atom. The molecule has 1 unspecified atom stereocenters. The molecule has 1 N–H and O–H groups in total. The molecule has 0 radical (unpaired) electrons. The number of carboxylic acid groups (broad SMARTS) is 1. The molecular formula is C12H15NO4S. The maximum absolute atomic E-state index is 11.4. The molecule has 6 heteroatoms. The van der Waals surface area contributed by atoms with Crippen molar-refractivity contribution in [3.05, 3.63) is 30.1 Å². The number of aliphatic carboxylic acids is 1. The van der Waals surface area contributed by atoms with Gasteiger partial charge < -0.3 is 5.11 Å². The van der Waals surface area contributed by atoms with Gasteiger partial charge in [0.05, 0.1) is 17.2 Å². The van der Waals surface area contributed by atoms with Gasteiger partial charge in [-0.1, -0.05) is 6.07 Å². The fourth-order valence-electron chi connectivity index (χ4n) is 2.37. The zero-order chi connectivity index (χ0) is 13.2. The Balaban J connectivity index is 2.20. The van der Waals surface area contributed by atoms with Gasteiger partial charge in [-0.2, -0.15) is 0 Å². The lowest BCUT2D eigenvalue weighted by molar-refractivity contribution is -0.140. The molecule has 5 nitrogen and oxygen atoms in total. The van der Waals surface area contributed by atoms with Gasteiger partial charge in [0.1, 0.15) is 15.8 Å². The van der Waals surface area contributed by atoms with Crippen molar-refractivity contribution in [3.8, 4) is 0 Å². The van der Waals surface area contributed by atoms with Gasteiger partial charge in [-0.25, -0.2) is 8.42 Å². The molecule has 0 aliphatic carbocycles. The minimum absolute atomic E-state index is 0.0777. The van der Waals surface area contributed by atoms with Crippen LogP contribution in [0.1, 0.15) is 24.5 Å². The topological polar surface area (TPSA) is 84.3 Å². The molecule has 0 aromatic carbocycles. The van der Waals surface area contributed by atoms with Crippen LogP contribution in [0.15, 0.2) is 24.4 Å². The van der Waals surface area contributed by atoms with Crippen molar-refractivity contribution in [2.75, 3.05) is 11.5 Å². The number of hydrogen-bond donors (Lipinski definition) is 1. The SMILES string of the molecule is O=C(O)C(c1ccccn1)C1CCS(=O)(=O)CC1. The summed E-state index contributed by atoms with van der Waals surface area (Å²) in [6.45, 7) is 0. The highest BCUT2D eigenvalue weighted by Crippen LogP contribution is 2.32. The Bertz CT molecular complexity index is 512. The Morgan fingerprint density at radius 1 is 1.33 bits per heavy atom. The van der Waals surface area contributed by atoms with E-state index < -0.39 is 21.7 Å². The second-order valence-electron chi connectivity index (χ2n) is 4.56. The average molecular weight is 269 g/mol. The first kappa shape index (κ1) is 13.0. The summed E-state index contributed by atoms with van der Waals surface area (Å²) in [6.07, 6.45) is 2.36. The quantitative estimate of drug-likeness (QED) is 0.887. The smallest absolute Gasteiger partial charge is 0.312 e. The summed E-state index contributed by atoms with van der Waals surface area (Å²) in [5.41, 5.74) is 0.509. The highest BCUT2D eigenvalue weighted by atomic mass is 32.2. The fraction of sp³-hybridized carbons (Fsp3) is 0.500. The molecule has 0 amide bonds. The third kappa shape index (κ3) is 2.87. The van der Waals surface area contributed by atoms with E-state index in [-0.39, 0.29) is 17.4 Å². The summed E-state index contributed by atoms with van der Waals surface area (Å²) in [7, 11) is -2.97. The molecule has 1 aromatic rings. The summed E-state index contributed by atoms with van der Waals surface area (Å²) < 4.78 is 22.7. The molecule has 18 heavy (non-hydrogen) atoms. The number of pyridine rings is 1. The van der Waals surface area contributed by atoms with E-state index >= 15 is 0 Å². The monoisotopic (exact) mass is 269 g/mol. The zero-order valence-corrected chi connectivity index (χ0v) is 10.6. The van der Waals surface area contributed by atoms with Gasteiger partial charge in [-0.15, -0.1) is 0 Å². The lowest BCUT2D eigenvalue weighted by Gasteiger charge is -2.27. The number of carboxylic acids is 1. The molecule has 1 aliphatic heterocycles. The first-order valence-electron chi connectivity index (χ1n) is 5.84. The Hall–Kier alpha value is -1.43. The predicted octanol–water partition coefficient (Wildman–Crippen LogP) is 1.07. The minimum atomic E-state index is -2.97. The molecule has 1 fully saturated rings. The van der Waals surface area contributed by atoms with E-state index in [9.17, 15) is 18.3 Å². The van der Waals surface area contributed by atoms with Gasteiger partial charge in [0, 0.05) is 6.20 Å². The molecule has 1 aliphatic rings. The van der Waals surface area contributed by atoms with Gasteiger partial charge in [-0.3, -0.25) is 9.78 Å². The molecule has 98 valence electrons. The van der Waals surface area contributed by atoms with Crippen LogP contribution in [0.4, 0.5) is 0 Å². The lowest BCUT2D eigenvalue weighted by atomic mass is 9.85. The second kappa shape index (κ2) is 5.06. The van der Waals surface area contributed by atoms with E-state index in [0.717, 1.165) is 0 Å². The largest absolute Gasteiger partial charge is 0.481 e. The van der Waals surface area contributed by atoms with Crippen LogP contribution in [-0.4, -0.2) is 36.0 Å². The molecule has 0 bridgehead atoms. The first-order valence-corrected chi connectivity index (χ1v) is 7.66. The van der Waals surface area contributed by atoms with Crippen molar-refractivity contribution in [2.24, 2.45) is 5.92 Å². The lowest BCUT2D eigenvalue weighted by Crippen LogP contribution is -2.31. The van der Waals surface area contributed by atoms with Gasteiger partial charge in [0.25, 0.3) is 0 Å². The number of nitrogens with zero attached hydrogens (tertiary/aromatic N) is 1. The van der Waals surface area contributed by atoms with Gasteiger partial charge >= 0.3 is 5.97 Å². The van der Waals surface area contributed by atoms with Crippen molar-refractivity contribution >= 4 is 15.8 Å². The standard InChI is InChI=1S/C12H15NO4S/c14-12(15)11(10-3-1-2-6-13-10)9-4-7-18(16,17)8-5-9/h1-3,6,9,11H,4-5,7-8H2,(H,14,15). The average Bonchev–Trinajstić information content (AvgIpc) is 2.33. The summed E-state index contributed by atoms with van der Waals surface area (Å²) in [4.78, 5) is 15.5. The number of rotatable bonds is 3. The molecule has 1 aromatic heterocycles. The van der Waals surface area contributed by atoms with Crippen molar-refractivity contribution < 1.29 is 18.3 Å². The van der Waals surface area contributed by atoms with Crippen LogP contribution >= 0.6 is 0 Å². The zero-order valence-electron chi connectivity index (χ0n) is 9.82. The van der Waals surface area contributed by atoms with Crippen molar-refractivity contribution in [3.63, 3.8) is 0 Å². The summed E-state index contributed by atoms with van der Waals surface area (Å²) in [5, 5.41) is 9.32. The maximum atomic E-state index is 11.4. The maximum Gasteiger partial charge on any atom is 0.312 e. The number of carbonyl (C=O) groups is 1. The van der Waals surface area contributed by atoms with E-state index in [2.05, 4.69) is 4.98 Å². The number of sulfone groups is 1. The van der Waals surface area contributed by atoms with E-state index in [4.69, 9.17) is 0 Å². The van der Waals surface area contributed by atoms with Crippen LogP contribution in [0.25, 0.3) is 0 Å². The van der Waals surface area contributed by atoms with Gasteiger partial charge in [0.2, 0.25) is 0 Å². The molecule has 2 rings (SSSR count). The minimum Gasteiger partial charge on any atom is -0.481 e. The molecule has 1 saturated heterocycles. The fourth-order valence-corrected chi connectivity index (χ4v) is 3.90. The van der Waals surface area contributed by atoms with E-state index in [1.165, 1.54) is 0 Å². The molecule has 0 spiro atoms. The molecule has 0 saturated carbocycles. The number of hydrogen-bond acceptors (Lipinski definition) is 4. The normalized spacial score (nSPS) is 21.3. The summed E-state index contributed by atoms with van der Waals surface area (Å²) >= 11 is 0. The second-order valence-corrected chi connectivity index (χ2v) is 6.86. The van der Waals surface area contributed by atoms with E-state index in [1.54, 1.807) is 24.4 Å². The highest BCUT2D eigenvalue weighted by Gasteiger charge is 2.35. The van der Waals surface area contributed by atoms with Crippen LogP contribution in [-0.2, 0) is 14.6 Å². The predicted molar refractivity (Wildman–Crippen MR) is 66.0 cm³/mol. The van der Waals surface area contributed by atoms with Crippen molar-refractivity contribution in [2.45, 2.75) is 18.8 Å².